The molecule has 4 nitrogen and oxygen atoms in total. The Labute approximate surface area is 748 Å². The average Bonchev–Trinajstić information content (AvgIpc) is 1.01. The minimum absolute atomic E-state index is 0.165. The number of rotatable bonds is 9. The first kappa shape index (κ1) is 75.2. The zero-order chi connectivity index (χ0) is 84.8. The van der Waals surface area contributed by atoms with Crippen molar-refractivity contribution < 1.29 is 0 Å². The van der Waals surface area contributed by atoms with Gasteiger partial charge in [-0.05, 0) is 215 Å². The Hall–Kier alpha value is -14.4. The number of fused-ring (bicyclic) bond motifs is 25. The van der Waals surface area contributed by atoms with Gasteiger partial charge < -0.3 is 0 Å². The lowest BCUT2D eigenvalue weighted by Gasteiger charge is -2.51. The van der Waals surface area contributed by atoms with Gasteiger partial charge in [-0.15, -0.1) is 0 Å². The summed E-state index contributed by atoms with van der Waals surface area (Å²) in [6.45, 7) is 14.3. The third kappa shape index (κ3) is 11.2. The average molecular weight is 1660 g/mol. The van der Waals surface area contributed by atoms with Gasteiger partial charge in [-0.3, -0.25) is 0 Å². The standard InChI is InChI=1S/C121H84N4S2/c1-117(2)93-35-15-19-39-97(93)120(98-40-20-16-36-94(98)117)101-43-23-25-45-110(101)127-113-70-81(60-65-103(113)120)73-48-52-76(53-49-73)107-71-106(75-28-9-7-10-29-75)123-116(124-107)83-59-62-88-87-61-56-79(66-91(87)85-32-13-14-33-86(85)92(88)67-83)80-57-63-89-90-64-58-82(69-105(90)119(5,6)104(89)68-80)109-72-108(122-115(125-109)78-30-11-8-12-31-78)77-54-50-74(51-55-77)84-34-27-47-112-114(84)121(102-44-24-26-46-111(102)126-112)99-41-21-17-37-95(99)118(3,4)96-38-18-22-42-100(96)121/h7-72H,1-6H3. The van der Waals surface area contributed by atoms with E-state index in [2.05, 4.69) is 442 Å². The van der Waals surface area contributed by atoms with Crippen molar-refractivity contribution in [2.24, 2.45) is 0 Å². The van der Waals surface area contributed by atoms with Crippen LogP contribution in [0.4, 0.5) is 0 Å². The first-order chi connectivity index (χ1) is 62.2. The van der Waals surface area contributed by atoms with Gasteiger partial charge >= 0.3 is 0 Å². The van der Waals surface area contributed by atoms with Crippen molar-refractivity contribution in [3.05, 3.63) is 478 Å². The third-order valence-corrected chi connectivity index (χ3v) is 31.1. The summed E-state index contributed by atoms with van der Waals surface area (Å²) < 4.78 is 0. The molecule has 4 heterocycles. The molecule has 18 aromatic carbocycles. The van der Waals surface area contributed by atoms with Crippen LogP contribution in [0.15, 0.2) is 420 Å². The third-order valence-electron chi connectivity index (χ3n) is 28.8. The molecule has 600 valence electrons. The van der Waals surface area contributed by atoms with E-state index < -0.39 is 10.8 Å². The Morgan fingerprint density at radius 1 is 0.173 bits per heavy atom. The van der Waals surface area contributed by atoms with Gasteiger partial charge in [-0.2, -0.15) is 0 Å². The Bertz CT molecular complexity index is 7920. The maximum absolute atomic E-state index is 5.49. The second kappa shape index (κ2) is 28.3. The molecule has 0 N–H and O–H groups in total. The summed E-state index contributed by atoms with van der Waals surface area (Å²) in [6, 6.07) is 150. The van der Waals surface area contributed by atoms with E-state index in [1.807, 2.05) is 23.5 Å². The van der Waals surface area contributed by atoms with Gasteiger partial charge in [0.25, 0.3) is 0 Å². The summed E-state index contributed by atoms with van der Waals surface area (Å²) in [5.74, 6) is 1.37. The molecule has 0 atom stereocenters. The van der Waals surface area contributed by atoms with Crippen LogP contribution in [0.1, 0.15) is 119 Å². The lowest BCUT2D eigenvalue weighted by molar-refractivity contribution is 0.549. The molecule has 0 saturated carbocycles. The fourth-order valence-electron chi connectivity index (χ4n) is 22.7. The molecule has 0 unspecified atom stereocenters. The summed E-state index contributed by atoms with van der Waals surface area (Å²) >= 11 is 3.78. The highest BCUT2D eigenvalue weighted by Gasteiger charge is 2.55. The maximum atomic E-state index is 5.49. The minimum Gasteiger partial charge on any atom is -0.228 e. The molecule has 6 heteroatoms. The number of hydrogen-bond donors (Lipinski definition) is 0. The summed E-state index contributed by atoms with van der Waals surface area (Å²) in [6.07, 6.45) is 0. The molecule has 0 amide bonds. The highest BCUT2D eigenvalue weighted by molar-refractivity contribution is 7.99. The second-order valence-corrected chi connectivity index (χ2v) is 38.7. The van der Waals surface area contributed by atoms with E-state index in [9.17, 15) is 0 Å². The largest absolute Gasteiger partial charge is 0.228 e. The second-order valence-electron chi connectivity index (χ2n) is 36.5. The molecule has 0 fully saturated rings. The molecule has 2 aliphatic heterocycles. The van der Waals surface area contributed by atoms with E-state index >= 15 is 0 Å². The quantitative estimate of drug-likeness (QED) is 0.134. The lowest BCUT2D eigenvalue weighted by Crippen LogP contribution is -2.43. The van der Waals surface area contributed by atoms with Crippen LogP contribution in [0.25, 0.3) is 145 Å². The molecule has 2 aromatic heterocycles. The molecule has 0 bridgehead atoms. The van der Waals surface area contributed by atoms with Gasteiger partial charge in [0.1, 0.15) is 0 Å². The van der Waals surface area contributed by atoms with Gasteiger partial charge in [-0.1, -0.05) is 405 Å². The fourth-order valence-corrected chi connectivity index (χ4v) is 25.1. The van der Waals surface area contributed by atoms with Crippen LogP contribution in [0, 0.1) is 0 Å². The van der Waals surface area contributed by atoms with Crippen LogP contribution in [0.3, 0.4) is 0 Å². The molecular formula is C121H84N4S2. The Kier molecular flexibility index (Phi) is 16.8. The monoisotopic (exact) mass is 1660 g/mol. The van der Waals surface area contributed by atoms with Gasteiger partial charge in [0.15, 0.2) is 11.6 Å². The first-order valence-corrected chi connectivity index (χ1v) is 45.8. The Morgan fingerprint density at radius 2 is 0.504 bits per heavy atom. The van der Waals surface area contributed by atoms with Crippen LogP contribution in [-0.2, 0) is 27.1 Å². The SMILES string of the molecule is CC1(C)c2cc(-c3ccc4c5ccc(-c6nc(-c7ccccc7)cc(-c7ccc(-c8ccc9c(c8)Sc8ccccc8C98c9ccccc9C(C)(C)c9ccccc98)cc7)n6)cc5c5ccccc5c4c3)ccc2-c2ccc(-c3cc(-c4ccc(-c5cccc6c5C5(c7ccccc7S6)c6ccccc6C(C)(C)c6ccccc65)cc4)nc(-c4ccccc4)n3)cc21. The molecule has 0 saturated heterocycles. The molecular weight excluding hydrogens is 1570 g/mol. The van der Waals surface area contributed by atoms with E-state index in [-0.39, 0.29) is 16.2 Å². The smallest absolute Gasteiger partial charge is 0.160 e. The molecule has 0 radical (unpaired) electrons. The number of benzene rings is 18. The van der Waals surface area contributed by atoms with Crippen LogP contribution in [0.2, 0.25) is 0 Å². The summed E-state index contributed by atoms with van der Waals surface area (Å²) in [5.41, 5.74) is 36.2. The van der Waals surface area contributed by atoms with Crippen LogP contribution < -0.4 is 0 Å². The zero-order valence-corrected chi connectivity index (χ0v) is 72.8. The van der Waals surface area contributed by atoms with Crippen molar-refractivity contribution in [1.82, 2.24) is 19.9 Å². The summed E-state index contributed by atoms with van der Waals surface area (Å²) in [5, 5.41) is 7.15. The molecule has 127 heavy (non-hydrogen) atoms. The predicted octanol–water partition coefficient (Wildman–Crippen LogP) is 31.0. The molecule has 25 rings (SSSR count). The number of hydrogen-bond acceptors (Lipinski definition) is 6. The molecule has 5 aliphatic rings. The molecule has 2 spiro atoms. The summed E-state index contributed by atoms with van der Waals surface area (Å²) in [7, 11) is 0. The highest BCUT2D eigenvalue weighted by atomic mass is 32.2. The maximum Gasteiger partial charge on any atom is 0.160 e. The van der Waals surface area contributed by atoms with Crippen molar-refractivity contribution in [1.29, 1.82) is 0 Å². The van der Waals surface area contributed by atoms with Gasteiger partial charge in [0, 0.05) is 69.2 Å². The van der Waals surface area contributed by atoms with Crippen molar-refractivity contribution in [2.45, 2.75) is 88.2 Å². The first-order valence-electron chi connectivity index (χ1n) is 44.2. The van der Waals surface area contributed by atoms with Gasteiger partial charge in [-0.25, -0.2) is 19.9 Å². The fraction of sp³-hybridized carbons (Fsp3) is 0.0909. The predicted molar refractivity (Wildman–Crippen MR) is 526 cm³/mol. The Morgan fingerprint density at radius 3 is 1.05 bits per heavy atom. The van der Waals surface area contributed by atoms with Crippen molar-refractivity contribution >= 4 is 55.8 Å². The van der Waals surface area contributed by atoms with Crippen LogP contribution in [0.5, 0.6) is 0 Å². The number of nitrogens with zero attached hydrogens (tertiary/aromatic N) is 4. The van der Waals surface area contributed by atoms with Gasteiger partial charge in [0.2, 0.25) is 0 Å². The molecule has 3 aliphatic carbocycles. The van der Waals surface area contributed by atoms with Crippen molar-refractivity contribution in [2.75, 3.05) is 0 Å². The minimum atomic E-state index is -0.557. The number of aromatic nitrogens is 4. The van der Waals surface area contributed by atoms with E-state index in [1.165, 1.54) is 158 Å². The van der Waals surface area contributed by atoms with Crippen molar-refractivity contribution in [3.63, 3.8) is 0 Å². The normalized spacial score (nSPS) is 14.9. The Balaban J connectivity index is 0.528. The topological polar surface area (TPSA) is 51.6 Å². The lowest BCUT2D eigenvalue weighted by atomic mass is 9.53. The van der Waals surface area contributed by atoms with E-state index in [4.69, 9.17) is 19.9 Å². The van der Waals surface area contributed by atoms with Crippen LogP contribution in [-0.4, -0.2) is 19.9 Å². The zero-order valence-electron chi connectivity index (χ0n) is 71.2. The van der Waals surface area contributed by atoms with E-state index in [1.54, 1.807) is 0 Å². The van der Waals surface area contributed by atoms with Crippen molar-refractivity contribution in [3.8, 4) is 112 Å². The highest BCUT2D eigenvalue weighted by Crippen LogP contribution is 2.66. The van der Waals surface area contributed by atoms with E-state index in [0.717, 1.165) is 72.7 Å². The van der Waals surface area contributed by atoms with Crippen LogP contribution >= 0.6 is 23.5 Å². The van der Waals surface area contributed by atoms with E-state index in [0.29, 0.717) is 11.6 Å². The molecule has 20 aromatic rings. The van der Waals surface area contributed by atoms with Gasteiger partial charge in [0.05, 0.1) is 33.6 Å². The summed E-state index contributed by atoms with van der Waals surface area (Å²) in [4.78, 5) is 26.9.